The van der Waals surface area contributed by atoms with Crippen LogP contribution in [0, 0.1) is 11.3 Å². The number of rotatable bonds is 3. The molecule has 6 nitrogen and oxygen atoms in total. The molecule has 1 atom stereocenters. The fourth-order valence-electron chi connectivity index (χ4n) is 5.43. The lowest BCUT2D eigenvalue weighted by Crippen LogP contribution is -2.57. The molecule has 140 valence electrons. The predicted octanol–water partition coefficient (Wildman–Crippen LogP) is 2.29. The maximum Gasteiger partial charge on any atom is 0.407 e. The second kappa shape index (κ2) is 6.15. The smallest absolute Gasteiger partial charge is 0.407 e. The van der Waals surface area contributed by atoms with Gasteiger partial charge in [-0.05, 0) is 71.4 Å². The minimum absolute atomic E-state index is 0.0618. The third kappa shape index (κ3) is 3.25. The van der Waals surface area contributed by atoms with Crippen LogP contribution in [0.2, 0.25) is 0 Å². The molecule has 2 saturated heterocycles. The van der Waals surface area contributed by atoms with Gasteiger partial charge in [-0.2, -0.15) is 0 Å². The van der Waals surface area contributed by atoms with Gasteiger partial charge in [0.1, 0.15) is 0 Å². The summed E-state index contributed by atoms with van der Waals surface area (Å²) in [7, 11) is 0. The molecule has 2 saturated carbocycles. The molecule has 2 N–H and O–H groups in total. The molecule has 1 unspecified atom stereocenters. The minimum atomic E-state index is -0.777. The maximum absolute atomic E-state index is 12.5. The number of nitrogens with one attached hydrogen (secondary N) is 1. The van der Waals surface area contributed by atoms with E-state index in [-0.39, 0.29) is 22.8 Å². The third-order valence-electron chi connectivity index (χ3n) is 7.30. The first-order valence-corrected chi connectivity index (χ1v) is 9.92. The summed E-state index contributed by atoms with van der Waals surface area (Å²) in [4.78, 5) is 27.6. The maximum atomic E-state index is 12.5. The van der Waals surface area contributed by atoms with Crippen molar-refractivity contribution in [1.29, 1.82) is 0 Å². The fraction of sp³-hybridized carbons (Fsp3) is 0.895. The van der Waals surface area contributed by atoms with E-state index < -0.39 is 6.09 Å². The van der Waals surface area contributed by atoms with Crippen molar-refractivity contribution in [2.75, 3.05) is 26.2 Å². The zero-order chi connectivity index (χ0) is 17.7. The first kappa shape index (κ1) is 17.1. The number of nitrogens with zero attached hydrogens (tertiary/aromatic N) is 2. The number of amides is 2. The zero-order valence-corrected chi connectivity index (χ0v) is 15.3. The van der Waals surface area contributed by atoms with Crippen LogP contribution in [0.5, 0.6) is 0 Å². The van der Waals surface area contributed by atoms with Crippen LogP contribution in [0.25, 0.3) is 0 Å². The second-order valence-corrected chi connectivity index (χ2v) is 9.25. The van der Waals surface area contributed by atoms with E-state index in [1.807, 2.05) is 0 Å². The number of carbonyl (C=O) groups excluding carboxylic acids is 1. The Kier molecular flexibility index (Phi) is 4.21. The highest BCUT2D eigenvalue weighted by Gasteiger charge is 2.51. The molecular formula is C19H31N3O3. The molecule has 1 spiro atoms. The molecule has 4 fully saturated rings. The van der Waals surface area contributed by atoms with Gasteiger partial charge in [-0.15, -0.1) is 0 Å². The molecule has 0 radical (unpaired) electrons. The molecule has 0 aromatic carbocycles. The van der Waals surface area contributed by atoms with Gasteiger partial charge < -0.3 is 20.2 Å². The largest absolute Gasteiger partial charge is 0.465 e. The van der Waals surface area contributed by atoms with Gasteiger partial charge in [0.2, 0.25) is 5.91 Å². The Morgan fingerprint density at radius 3 is 2.32 bits per heavy atom. The van der Waals surface area contributed by atoms with E-state index in [2.05, 4.69) is 17.1 Å². The van der Waals surface area contributed by atoms with Crippen molar-refractivity contribution in [2.24, 2.45) is 11.3 Å². The summed E-state index contributed by atoms with van der Waals surface area (Å²) in [5.74, 6) is 0.441. The molecule has 0 bridgehead atoms. The summed E-state index contributed by atoms with van der Waals surface area (Å²) >= 11 is 0. The van der Waals surface area contributed by atoms with Crippen LogP contribution >= 0.6 is 0 Å². The molecule has 2 aliphatic carbocycles. The Morgan fingerprint density at radius 2 is 1.76 bits per heavy atom. The first-order chi connectivity index (χ1) is 11.9. The molecule has 4 rings (SSSR count). The summed E-state index contributed by atoms with van der Waals surface area (Å²) < 4.78 is 0. The second-order valence-electron chi connectivity index (χ2n) is 9.25. The number of carbonyl (C=O) groups is 2. The number of hydrogen-bond donors (Lipinski definition) is 2. The van der Waals surface area contributed by atoms with Crippen molar-refractivity contribution in [3.05, 3.63) is 0 Å². The molecule has 4 aliphatic rings. The van der Waals surface area contributed by atoms with Gasteiger partial charge in [0, 0.05) is 36.0 Å². The monoisotopic (exact) mass is 349 g/mol. The highest BCUT2D eigenvalue weighted by molar-refractivity contribution is 5.79. The van der Waals surface area contributed by atoms with Gasteiger partial charge in [0.25, 0.3) is 0 Å². The predicted molar refractivity (Wildman–Crippen MR) is 94.4 cm³/mol. The summed E-state index contributed by atoms with van der Waals surface area (Å²) in [6, 6.07) is 0.587. The number of likely N-dealkylation sites (tertiary alicyclic amines) is 2. The molecule has 2 amide bonds. The molecule has 6 heteroatoms. The van der Waals surface area contributed by atoms with E-state index in [9.17, 15) is 9.59 Å². The normalized spacial score (nSPS) is 31.4. The standard InChI is InChI=1S/C19H31N3O3/c1-18(6-2-7-18)20-16(23)14-4-9-21(10-5-14)15-3-8-19(11-15)12-22(13-19)17(24)25/h14-15H,2-13H2,1H3,(H,20,23)(H,24,25). The van der Waals surface area contributed by atoms with E-state index in [4.69, 9.17) is 5.11 Å². The summed E-state index contributed by atoms with van der Waals surface area (Å²) in [5.41, 5.74) is 0.308. The van der Waals surface area contributed by atoms with Gasteiger partial charge in [-0.3, -0.25) is 4.79 Å². The van der Waals surface area contributed by atoms with Crippen molar-refractivity contribution < 1.29 is 14.7 Å². The van der Waals surface area contributed by atoms with Crippen LogP contribution in [0.3, 0.4) is 0 Å². The van der Waals surface area contributed by atoms with Crippen LogP contribution < -0.4 is 5.32 Å². The van der Waals surface area contributed by atoms with E-state index >= 15 is 0 Å². The SMILES string of the molecule is CC1(NC(=O)C2CCN(C3CCC4(C3)CN(C(=O)O)C4)CC2)CCC1. The van der Waals surface area contributed by atoms with Gasteiger partial charge in [-0.25, -0.2) is 4.79 Å². The van der Waals surface area contributed by atoms with Crippen molar-refractivity contribution in [3.63, 3.8) is 0 Å². The number of hydrogen-bond acceptors (Lipinski definition) is 3. The molecule has 0 aromatic heterocycles. The van der Waals surface area contributed by atoms with Crippen molar-refractivity contribution in [2.45, 2.75) is 69.9 Å². The average molecular weight is 349 g/mol. The zero-order valence-electron chi connectivity index (χ0n) is 15.3. The Morgan fingerprint density at radius 1 is 1.08 bits per heavy atom. The Hall–Kier alpha value is -1.30. The van der Waals surface area contributed by atoms with E-state index in [1.165, 1.54) is 12.8 Å². The van der Waals surface area contributed by atoms with Crippen molar-refractivity contribution in [1.82, 2.24) is 15.1 Å². The van der Waals surface area contributed by atoms with Gasteiger partial charge in [-0.1, -0.05) is 0 Å². The van der Waals surface area contributed by atoms with E-state index in [1.54, 1.807) is 4.90 Å². The molecular weight excluding hydrogens is 318 g/mol. The van der Waals surface area contributed by atoms with E-state index in [0.29, 0.717) is 6.04 Å². The Bertz CT molecular complexity index is 546. The van der Waals surface area contributed by atoms with Crippen LogP contribution in [0.1, 0.15) is 58.3 Å². The highest BCUT2D eigenvalue weighted by atomic mass is 16.4. The topological polar surface area (TPSA) is 72.9 Å². The number of carboxylic acid groups (broad SMARTS) is 1. The average Bonchev–Trinajstić information content (AvgIpc) is 2.97. The fourth-order valence-corrected chi connectivity index (χ4v) is 5.43. The summed E-state index contributed by atoms with van der Waals surface area (Å²) in [6.45, 7) is 5.63. The van der Waals surface area contributed by atoms with Crippen molar-refractivity contribution >= 4 is 12.0 Å². The van der Waals surface area contributed by atoms with Crippen LogP contribution in [0.15, 0.2) is 0 Å². The van der Waals surface area contributed by atoms with Crippen LogP contribution in [0.4, 0.5) is 4.79 Å². The lowest BCUT2D eigenvalue weighted by molar-refractivity contribution is -0.129. The quantitative estimate of drug-likeness (QED) is 0.820. The van der Waals surface area contributed by atoms with Crippen molar-refractivity contribution in [3.8, 4) is 0 Å². The summed E-state index contributed by atoms with van der Waals surface area (Å²) in [5, 5.41) is 12.3. The molecule has 2 heterocycles. The summed E-state index contributed by atoms with van der Waals surface area (Å²) in [6.07, 6.45) is 8.09. The van der Waals surface area contributed by atoms with Gasteiger partial charge >= 0.3 is 6.09 Å². The highest BCUT2D eigenvalue weighted by Crippen LogP contribution is 2.47. The Labute approximate surface area is 149 Å². The lowest BCUT2D eigenvalue weighted by atomic mass is 9.77. The minimum Gasteiger partial charge on any atom is -0.465 e. The van der Waals surface area contributed by atoms with Gasteiger partial charge in [0.15, 0.2) is 0 Å². The van der Waals surface area contributed by atoms with E-state index in [0.717, 1.165) is 64.7 Å². The van der Waals surface area contributed by atoms with Crippen LogP contribution in [-0.4, -0.2) is 64.7 Å². The molecule has 25 heavy (non-hydrogen) atoms. The lowest BCUT2D eigenvalue weighted by Gasteiger charge is -2.47. The third-order valence-corrected chi connectivity index (χ3v) is 7.30. The molecule has 2 aliphatic heterocycles. The van der Waals surface area contributed by atoms with Gasteiger partial charge in [0.05, 0.1) is 0 Å². The molecule has 0 aromatic rings. The first-order valence-electron chi connectivity index (χ1n) is 9.92. The number of piperidine rings is 1. The Balaban J connectivity index is 1.23. The van der Waals surface area contributed by atoms with Crippen LogP contribution in [-0.2, 0) is 4.79 Å².